The van der Waals surface area contributed by atoms with Crippen LogP contribution in [-0.4, -0.2) is 9.97 Å². The Morgan fingerprint density at radius 2 is 1.94 bits per heavy atom. The van der Waals surface area contributed by atoms with E-state index in [4.69, 9.17) is 16.3 Å². The summed E-state index contributed by atoms with van der Waals surface area (Å²) in [5, 5.41) is 0. The van der Waals surface area contributed by atoms with Crippen LogP contribution >= 0.6 is 11.6 Å². The van der Waals surface area contributed by atoms with E-state index >= 15 is 0 Å². The molecule has 0 bridgehead atoms. The molecule has 0 atom stereocenters. The SMILES string of the molecule is Cc1ccc(Oc2ncc(CCl)c(C)n2)cc1C. The number of hydrogen-bond donors (Lipinski definition) is 0. The van der Waals surface area contributed by atoms with Gasteiger partial charge in [-0.15, -0.1) is 11.6 Å². The molecule has 18 heavy (non-hydrogen) atoms. The summed E-state index contributed by atoms with van der Waals surface area (Å²) in [6, 6.07) is 6.26. The van der Waals surface area contributed by atoms with Crippen LogP contribution in [0.4, 0.5) is 0 Å². The van der Waals surface area contributed by atoms with Crippen LogP contribution in [0.25, 0.3) is 0 Å². The van der Waals surface area contributed by atoms with Gasteiger partial charge in [0, 0.05) is 17.5 Å². The van der Waals surface area contributed by atoms with Crippen LogP contribution in [0.15, 0.2) is 24.4 Å². The fourth-order valence-electron chi connectivity index (χ4n) is 1.53. The zero-order chi connectivity index (χ0) is 13.1. The molecule has 0 saturated carbocycles. The van der Waals surface area contributed by atoms with Crippen LogP contribution < -0.4 is 4.74 Å². The Balaban J connectivity index is 2.23. The van der Waals surface area contributed by atoms with Crippen LogP contribution in [0, 0.1) is 20.8 Å². The van der Waals surface area contributed by atoms with Gasteiger partial charge < -0.3 is 4.74 Å². The molecule has 0 aliphatic rings. The fraction of sp³-hybridized carbons (Fsp3) is 0.286. The summed E-state index contributed by atoms with van der Waals surface area (Å²) in [6.45, 7) is 6.01. The lowest BCUT2D eigenvalue weighted by molar-refractivity contribution is 0.439. The van der Waals surface area contributed by atoms with Gasteiger partial charge in [0.2, 0.25) is 0 Å². The summed E-state index contributed by atoms with van der Waals surface area (Å²) >= 11 is 5.76. The maximum Gasteiger partial charge on any atom is 0.322 e. The lowest BCUT2D eigenvalue weighted by atomic mass is 10.1. The number of ether oxygens (including phenoxy) is 1. The number of hydrogen-bond acceptors (Lipinski definition) is 3. The van der Waals surface area contributed by atoms with E-state index in [-0.39, 0.29) is 0 Å². The molecular weight excluding hydrogens is 248 g/mol. The summed E-state index contributed by atoms with van der Waals surface area (Å²) in [4.78, 5) is 8.41. The molecule has 0 spiro atoms. The highest BCUT2D eigenvalue weighted by Crippen LogP contribution is 2.21. The first kappa shape index (κ1) is 12.8. The largest absolute Gasteiger partial charge is 0.424 e. The number of aromatic nitrogens is 2. The molecule has 0 saturated heterocycles. The molecule has 3 nitrogen and oxygen atoms in total. The molecule has 0 fully saturated rings. The Hall–Kier alpha value is -1.61. The van der Waals surface area contributed by atoms with Gasteiger partial charge in [-0.1, -0.05) is 6.07 Å². The molecule has 1 aromatic heterocycles. The number of rotatable bonds is 3. The first-order valence-electron chi connectivity index (χ1n) is 5.73. The molecular formula is C14H15ClN2O. The Labute approximate surface area is 112 Å². The van der Waals surface area contributed by atoms with E-state index in [9.17, 15) is 0 Å². The van der Waals surface area contributed by atoms with Gasteiger partial charge >= 0.3 is 6.01 Å². The van der Waals surface area contributed by atoms with Crippen LogP contribution in [0.3, 0.4) is 0 Å². The highest BCUT2D eigenvalue weighted by molar-refractivity contribution is 6.17. The molecule has 4 heteroatoms. The van der Waals surface area contributed by atoms with Gasteiger partial charge in [0.1, 0.15) is 5.75 Å². The zero-order valence-electron chi connectivity index (χ0n) is 10.7. The average molecular weight is 263 g/mol. The minimum atomic E-state index is 0.351. The van der Waals surface area contributed by atoms with Crippen molar-refractivity contribution in [1.29, 1.82) is 0 Å². The highest BCUT2D eigenvalue weighted by Gasteiger charge is 2.05. The normalized spacial score (nSPS) is 10.4. The van der Waals surface area contributed by atoms with Gasteiger partial charge in [-0.2, -0.15) is 4.98 Å². The molecule has 0 N–H and O–H groups in total. The second-order valence-corrected chi connectivity index (χ2v) is 4.51. The summed E-state index contributed by atoms with van der Waals surface area (Å²) in [7, 11) is 0. The van der Waals surface area contributed by atoms with Gasteiger partial charge in [-0.25, -0.2) is 4.98 Å². The third kappa shape index (κ3) is 2.79. The van der Waals surface area contributed by atoms with E-state index in [0.717, 1.165) is 17.0 Å². The summed E-state index contributed by atoms with van der Waals surface area (Å²) in [6.07, 6.45) is 1.70. The van der Waals surface area contributed by atoms with Crippen LogP contribution in [-0.2, 0) is 5.88 Å². The van der Waals surface area contributed by atoms with Crippen molar-refractivity contribution in [3.8, 4) is 11.8 Å². The maximum absolute atomic E-state index is 5.76. The highest BCUT2D eigenvalue weighted by atomic mass is 35.5. The topological polar surface area (TPSA) is 35.0 Å². The Morgan fingerprint density at radius 3 is 2.56 bits per heavy atom. The van der Waals surface area contributed by atoms with Gasteiger partial charge in [0.15, 0.2) is 0 Å². The van der Waals surface area contributed by atoms with Crippen molar-refractivity contribution < 1.29 is 4.74 Å². The fourth-order valence-corrected chi connectivity index (χ4v) is 1.80. The first-order chi connectivity index (χ1) is 8.60. The summed E-state index contributed by atoms with van der Waals surface area (Å²) in [5.41, 5.74) is 4.18. The molecule has 0 aliphatic heterocycles. The molecule has 2 aromatic rings. The molecule has 1 heterocycles. The van der Waals surface area contributed by atoms with Gasteiger partial charge in [0.05, 0.1) is 5.88 Å². The number of benzene rings is 1. The average Bonchev–Trinajstić information content (AvgIpc) is 2.34. The first-order valence-corrected chi connectivity index (χ1v) is 6.27. The quantitative estimate of drug-likeness (QED) is 0.786. The van der Waals surface area contributed by atoms with E-state index < -0.39 is 0 Å². The number of alkyl halides is 1. The molecule has 0 amide bonds. The summed E-state index contributed by atoms with van der Waals surface area (Å²) < 4.78 is 5.63. The van der Waals surface area contributed by atoms with Crippen molar-refractivity contribution in [2.24, 2.45) is 0 Å². The number of aryl methyl sites for hydroxylation is 3. The predicted octanol–water partition coefficient (Wildman–Crippen LogP) is 3.93. The molecule has 94 valence electrons. The van der Waals surface area contributed by atoms with Crippen LogP contribution in [0.1, 0.15) is 22.4 Å². The molecule has 1 aromatic carbocycles. The lowest BCUT2D eigenvalue weighted by Crippen LogP contribution is -1.97. The van der Waals surface area contributed by atoms with Crippen molar-refractivity contribution >= 4 is 11.6 Å². The van der Waals surface area contributed by atoms with E-state index in [2.05, 4.69) is 16.9 Å². The van der Waals surface area contributed by atoms with Gasteiger partial charge in [0.25, 0.3) is 0 Å². The molecule has 0 aliphatic carbocycles. The number of nitrogens with zero attached hydrogens (tertiary/aromatic N) is 2. The second kappa shape index (κ2) is 5.36. The van der Waals surface area contributed by atoms with Crippen molar-refractivity contribution in [3.63, 3.8) is 0 Å². The van der Waals surface area contributed by atoms with Crippen molar-refractivity contribution in [1.82, 2.24) is 9.97 Å². The maximum atomic E-state index is 5.76. The van der Waals surface area contributed by atoms with Crippen molar-refractivity contribution in [3.05, 3.63) is 46.8 Å². The zero-order valence-corrected chi connectivity index (χ0v) is 11.5. The third-order valence-corrected chi connectivity index (χ3v) is 3.18. The second-order valence-electron chi connectivity index (χ2n) is 4.24. The monoisotopic (exact) mass is 262 g/mol. The van der Waals surface area contributed by atoms with Crippen LogP contribution in [0.2, 0.25) is 0 Å². The smallest absolute Gasteiger partial charge is 0.322 e. The minimum Gasteiger partial charge on any atom is -0.424 e. The van der Waals surface area contributed by atoms with Crippen LogP contribution in [0.5, 0.6) is 11.8 Å². The molecule has 0 unspecified atom stereocenters. The van der Waals surface area contributed by atoms with Gasteiger partial charge in [-0.3, -0.25) is 0 Å². The predicted molar refractivity (Wildman–Crippen MR) is 72.3 cm³/mol. The Bertz CT molecular complexity index is 570. The van der Waals surface area contributed by atoms with E-state index in [0.29, 0.717) is 11.9 Å². The minimum absolute atomic E-state index is 0.351. The Morgan fingerprint density at radius 1 is 1.17 bits per heavy atom. The third-order valence-electron chi connectivity index (χ3n) is 2.89. The standard InChI is InChI=1S/C14H15ClN2O/c1-9-4-5-13(6-10(9)2)18-14-16-8-12(7-15)11(3)17-14/h4-6,8H,7H2,1-3H3. The Kier molecular flexibility index (Phi) is 3.82. The van der Waals surface area contributed by atoms with Gasteiger partial charge in [-0.05, 0) is 44.0 Å². The summed E-state index contributed by atoms with van der Waals surface area (Å²) in [5.74, 6) is 1.16. The molecule has 0 radical (unpaired) electrons. The number of halogens is 1. The van der Waals surface area contributed by atoms with E-state index in [1.165, 1.54) is 11.1 Å². The van der Waals surface area contributed by atoms with E-state index in [1.807, 2.05) is 32.0 Å². The van der Waals surface area contributed by atoms with Crippen molar-refractivity contribution in [2.45, 2.75) is 26.7 Å². The lowest BCUT2D eigenvalue weighted by Gasteiger charge is -2.07. The van der Waals surface area contributed by atoms with E-state index in [1.54, 1.807) is 6.20 Å². The van der Waals surface area contributed by atoms with Crippen molar-refractivity contribution in [2.75, 3.05) is 0 Å². The molecule has 2 rings (SSSR count).